The zero-order chi connectivity index (χ0) is 58.3. The Hall–Kier alpha value is -5.09. The number of allylic oxidation sites excluding steroid dienone is 26. The first-order valence-corrected chi connectivity index (χ1v) is 31.1. The summed E-state index contributed by atoms with van der Waals surface area (Å²) >= 11 is 0. The lowest BCUT2D eigenvalue weighted by Crippen LogP contribution is -2.44. The molecule has 0 spiro atoms. The number of quaternary nitrogens is 1. The first kappa shape index (κ1) is 74.9. The quantitative estimate of drug-likeness (QED) is 0.0195. The lowest BCUT2D eigenvalue weighted by molar-refractivity contribution is -0.870. The van der Waals surface area contributed by atoms with Crippen LogP contribution in [0.15, 0.2) is 158 Å². The van der Waals surface area contributed by atoms with Gasteiger partial charge in [-0.05, 0) is 128 Å². The van der Waals surface area contributed by atoms with Gasteiger partial charge in [-0.15, -0.1) is 0 Å². The number of nitrogens with zero attached hydrogens (tertiary/aromatic N) is 1. The molecule has 80 heavy (non-hydrogen) atoms. The maximum Gasteiger partial charge on any atom is 0.306 e. The zero-order valence-corrected chi connectivity index (χ0v) is 51.1. The molecule has 0 aliphatic rings. The molecule has 0 amide bonds. The number of hydrogen-bond donors (Lipinski definition) is 0. The van der Waals surface area contributed by atoms with Crippen LogP contribution in [0.25, 0.3) is 0 Å². The van der Waals surface area contributed by atoms with Crippen LogP contribution in [0.2, 0.25) is 0 Å². The highest BCUT2D eigenvalue weighted by molar-refractivity contribution is 5.70. The standard InChI is InChI=1S/C71H113NO8/c1-6-8-10-12-14-16-18-20-22-24-25-26-27-28-29-30-31-32-33-34-35-36-37-38-39-40-41-42-43-44-45-46-48-50-52-54-56-58-60-62-69(74)80-67(66-79-71(70(75)76)77-64-63-72(3,4)5)65-78-68(73)61-59-57-55-53-51-49-47-23-21-19-17-15-13-11-9-7-2/h8,10,14,16,20,22-23,25-26,28-29,31-32,34-35,37-38,40-41,43-44,46-48,52,54,67,71H,6-7,9,11-13,15,17-19,21,24,27,30,33,36,39,42,45,49-51,53,55-66H2,1-5H3/b10-8-,16-14-,22-20-,26-25-,29-28-,32-31-,35-34-,38-37-,41-40-,44-43-,47-23-,48-46-,54-52-. The Morgan fingerprint density at radius 3 is 1.10 bits per heavy atom. The molecule has 0 heterocycles. The van der Waals surface area contributed by atoms with E-state index in [1.807, 2.05) is 21.1 Å². The summed E-state index contributed by atoms with van der Waals surface area (Å²) in [5.74, 6) is -2.37. The van der Waals surface area contributed by atoms with E-state index in [4.69, 9.17) is 18.9 Å². The van der Waals surface area contributed by atoms with Crippen molar-refractivity contribution in [2.75, 3.05) is 47.5 Å². The highest BCUT2D eigenvalue weighted by Crippen LogP contribution is 2.13. The number of ether oxygens (including phenoxy) is 4. The van der Waals surface area contributed by atoms with Crippen molar-refractivity contribution in [2.24, 2.45) is 0 Å². The zero-order valence-electron chi connectivity index (χ0n) is 51.1. The molecule has 0 aliphatic heterocycles. The number of aliphatic carboxylic acids is 1. The highest BCUT2D eigenvalue weighted by Gasteiger charge is 2.22. The van der Waals surface area contributed by atoms with E-state index < -0.39 is 24.3 Å². The Morgan fingerprint density at radius 2 is 0.713 bits per heavy atom. The molecule has 0 radical (unpaired) electrons. The molecular formula is C71H113NO8. The minimum absolute atomic E-state index is 0.129. The third-order valence-electron chi connectivity index (χ3n) is 12.5. The molecule has 0 aliphatic carbocycles. The molecule has 0 fully saturated rings. The van der Waals surface area contributed by atoms with Crippen LogP contribution in [0, 0.1) is 0 Å². The van der Waals surface area contributed by atoms with Gasteiger partial charge in [-0.3, -0.25) is 9.59 Å². The Labute approximate surface area is 489 Å². The van der Waals surface area contributed by atoms with Gasteiger partial charge in [0.1, 0.15) is 13.2 Å². The van der Waals surface area contributed by atoms with Crippen LogP contribution in [-0.4, -0.2) is 82.3 Å². The van der Waals surface area contributed by atoms with Crippen LogP contribution in [0.4, 0.5) is 0 Å². The fraction of sp³-hybridized carbons (Fsp3) is 0.592. The summed E-state index contributed by atoms with van der Waals surface area (Å²) in [6, 6.07) is 0. The predicted molar refractivity (Wildman–Crippen MR) is 338 cm³/mol. The smallest absolute Gasteiger partial charge is 0.306 e. The number of esters is 2. The topological polar surface area (TPSA) is 111 Å². The van der Waals surface area contributed by atoms with E-state index in [0.29, 0.717) is 23.9 Å². The molecule has 0 aromatic heterocycles. The average molecular weight is 1110 g/mol. The second kappa shape index (κ2) is 60.0. The van der Waals surface area contributed by atoms with E-state index >= 15 is 0 Å². The second-order valence-electron chi connectivity index (χ2n) is 21.3. The maximum absolute atomic E-state index is 12.9. The molecule has 0 saturated heterocycles. The number of unbranched alkanes of at least 4 members (excludes halogenated alkanes) is 14. The maximum atomic E-state index is 12.9. The number of carbonyl (C=O) groups is 3. The number of rotatable bonds is 55. The number of carbonyl (C=O) groups excluding carboxylic acids is 3. The summed E-state index contributed by atoms with van der Waals surface area (Å²) in [4.78, 5) is 37.3. The van der Waals surface area contributed by atoms with Gasteiger partial charge in [0.05, 0.1) is 40.3 Å². The van der Waals surface area contributed by atoms with Crippen molar-refractivity contribution in [2.45, 2.75) is 225 Å². The molecule has 0 saturated carbocycles. The Balaban J connectivity index is 4.31. The Kier molecular flexibility index (Phi) is 56.2. The average Bonchev–Trinajstić information content (AvgIpc) is 3.43. The number of likely N-dealkylation sites (N-methyl/N-ethyl adjacent to an activating group) is 1. The molecule has 2 atom stereocenters. The molecule has 9 nitrogen and oxygen atoms in total. The molecule has 0 bridgehead atoms. The van der Waals surface area contributed by atoms with Gasteiger partial charge in [-0.2, -0.15) is 0 Å². The fourth-order valence-corrected chi connectivity index (χ4v) is 7.75. The van der Waals surface area contributed by atoms with Crippen molar-refractivity contribution in [3.63, 3.8) is 0 Å². The van der Waals surface area contributed by atoms with Gasteiger partial charge < -0.3 is 33.3 Å². The lowest BCUT2D eigenvalue weighted by atomic mass is 10.1. The van der Waals surface area contributed by atoms with Crippen LogP contribution >= 0.6 is 0 Å². The lowest BCUT2D eigenvalue weighted by Gasteiger charge is -2.26. The third-order valence-corrected chi connectivity index (χ3v) is 12.5. The molecule has 2 unspecified atom stereocenters. The highest BCUT2D eigenvalue weighted by atomic mass is 16.7. The molecule has 450 valence electrons. The molecule has 0 aromatic rings. The summed E-state index contributed by atoms with van der Waals surface area (Å²) in [6.07, 6.45) is 86.0. The number of carboxylic acid groups (broad SMARTS) is 1. The molecule has 0 aromatic carbocycles. The van der Waals surface area contributed by atoms with Crippen molar-refractivity contribution in [3.05, 3.63) is 158 Å². The molecule has 0 N–H and O–H groups in total. The van der Waals surface area contributed by atoms with Crippen molar-refractivity contribution in [3.8, 4) is 0 Å². The Bertz CT molecular complexity index is 1870. The second-order valence-corrected chi connectivity index (χ2v) is 21.3. The van der Waals surface area contributed by atoms with E-state index in [0.717, 1.165) is 122 Å². The van der Waals surface area contributed by atoms with Gasteiger partial charge in [-0.1, -0.05) is 230 Å². The van der Waals surface area contributed by atoms with Crippen molar-refractivity contribution < 1.29 is 42.9 Å². The van der Waals surface area contributed by atoms with Crippen LogP contribution in [0.1, 0.15) is 213 Å². The van der Waals surface area contributed by atoms with Crippen LogP contribution in [0.3, 0.4) is 0 Å². The normalized spacial score (nSPS) is 13.9. The summed E-state index contributed by atoms with van der Waals surface area (Å²) in [6.45, 7) is 4.54. The Morgan fingerprint density at radius 1 is 0.388 bits per heavy atom. The van der Waals surface area contributed by atoms with Gasteiger partial charge in [0.2, 0.25) is 0 Å². The van der Waals surface area contributed by atoms with E-state index in [-0.39, 0.29) is 38.6 Å². The number of carboxylic acids is 1. The molecular weight excluding hydrogens is 995 g/mol. The van der Waals surface area contributed by atoms with Gasteiger partial charge in [0.15, 0.2) is 12.4 Å². The third kappa shape index (κ3) is 60.5. The van der Waals surface area contributed by atoms with E-state index in [2.05, 4.69) is 172 Å². The summed E-state index contributed by atoms with van der Waals surface area (Å²) in [5, 5.41) is 11.8. The number of hydrogen-bond acceptors (Lipinski definition) is 8. The van der Waals surface area contributed by atoms with Crippen LogP contribution < -0.4 is 5.11 Å². The molecule has 9 heteroatoms. The van der Waals surface area contributed by atoms with Gasteiger partial charge in [-0.25, -0.2) is 0 Å². The minimum atomic E-state index is -1.64. The van der Waals surface area contributed by atoms with Crippen LogP contribution in [0.5, 0.6) is 0 Å². The predicted octanol–water partition coefficient (Wildman–Crippen LogP) is 17.6. The van der Waals surface area contributed by atoms with E-state index in [1.165, 1.54) is 51.4 Å². The fourth-order valence-electron chi connectivity index (χ4n) is 7.75. The van der Waals surface area contributed by atoms with Crippen molar-refractivity contribution in [1.29, 1.82) is 0 Å². The van der Waals surface area contributed by atoms with E-state index in [1.54, 1.807) is 0 Å². The minimum Gasteiger partial charge on any atom is -0.545 e. The summed E-state index contributed by atoms with van der Waals surface area (Å²) in [7, 11) is 5.89. The van der Waals surface area contributed by atoms with Crippen LogP contribution in [-0.2, 0) is 33.3 Å². The molecule has 0 rings (SSSR count). The first-order valence-electron chi connectivity index (χ1n) is 31.1. The first-order chi connectivity index (χ1) is 39.1. The van der Waals surface area contributed by atoms with Crippen molar-refractivity contribution in [1.82, 2.24) is 0 Å². The largest absolute Gasteiger partial charge is 0.545 e. The monoisotopic (exact) mass is 1110 g/mol. The summed E-state index contributed by atoms with van der Waals surface area (Å²) in [5.41, 5.74) is 0. The SMILES string of the molecule is CC/C=C\C/C=C\C/C=C\C/C=C\C/C=C\C/C=C\C/C=C\C/C=C\C/C=C\C/C=C\C/C=C\C/C=C\CCCCC(=O)OC(COC(=O)CCCCCCC/C=C\CCCCCCCCC)COC(OCC[N+](C)(C)C)C(=O)[O-]. The van der Waals surface area contributed by atoms with E-state index in [9.17, 15) is 19.5 Å². The van der Waals surface area contributed by atoms with Gasteiger partial charge in [0.25, 0.3) is 0 Å². The summed E-state index contributed by atoms with van der Waals surface area (Å²) < 4.78 is 22.6. The van der Waals surface area contributed by atoms with Gasteiger partial charge >= 0.3 is 11.9 Å². The van der Waals surface area contributed by atoms with Crippen molar-refractivity contribution >= 4 is 17.9 Å². The van der Waals surface area contributed by atoms with Gasteiger partial charge in [0, 0.05) is 12.8 Å².